The van der Waals surface area contributed by atoms with Crippen LogP contribution in [0.1, 0.15) is 18.3 Å². The molecule has 1 aliphatic rings. The second-order valence-corrected chi connectivity index (χ2v) is 7.72. The normalized spacial score (nSPS) is 14.5. The lowest BCUT2D eigenvalue weighted by Gasteiger charge is -2.33. The van der Waals surface area contributed by atoms with Gasteiger partial charge < -0.3 is 25.6 Å². The molecule has 31 heavy (non-hydrogen) atoms. The first-order chi connectivity index (χ1) is 15.1. The second-order valence-electron chi connectivity index (χ2n) is 7.72. The van der Waals surface area contributed by atoms with Crippen molar-refractivity contribution in [3.8, 4) is 5.75 Å². The third-order valence-corrected chi connectivity index (χ3v) is 5.61. The third kappa shape index (κ3) is 5.40. The number of rotatable bonds is 7. The molecule has 162 valence electrons. The van der Waals surface area contributed by atoms with Gasteiger partial charge in [0.1, 0.15) is 12.3 Å². The van der Waals surface area contributed by atoms with Crippen molar-refractivity contribution in [1.29, 1.82) is 0 Å². The van der Waals surface area contributed by atoms with Gasteiger partial charge in [-0.15, -0.1) is 0 Å². The molecular formula is C23H30N7O+. The van der Waals surface area contributed by atoms with Crippen molar-refractivity contribution in [2.45, 2.75) is 19.9 Å². The molecule has 0 atom stereocenters. The summed E-state index contributed by atoms with van der Waals surface area (Å²) in [5.41, 5.74) is 9.38. The van der Waals surface area contributed by atoms with E-state index in [9.17, 15) is 0 Å². The van der Waals surface area contributed by atoms with E-state index in [1.807, 2.05) is 24.3 Å². The molecule has 0 unspecified atom stereocenters. The van der Waals surface area contributed by atoms with Crippen molar-refractivity contribution in [2.24, 2.45) is 0 Å². The highest BCUT2D eigenvalue weighted by Crippen LogP contribution is 2.21. The van der Waals surface area contributed by atoms with Gasteiger partial charge in [0.2, 0.25) is 11.9 Å². The second kappa shape index (κ2) is 9.61. The van der Waals surface area contributed by atoms with E-state index in [4.69, 9.17) is 10.5 Å². The first-order valence-corrected chi connectivity index (χ1v) is 10.7. The van der Waals surface area contributed by atoms with E-state index in [0.717, 1.165) is 50.6 Å². The predicted molar refractivity (Wildman–Crippen MR) is 123 cm³/mol. The van der Waals surface area contributed by atoms with Crippen molar-refractivity contribution in [1.82, 2.24) is 15.0 Å². The number of hydrogen-bond donors (Lipinski definition) is 3. The van der Waals surface area contributed by atoms with Gasteiger partial charge in [-0.3, -0.25) is 0 Å². The number of nitrogen functional groups attached to an aromatic ring is 1. The topological polar surface area (TPSA) is 93.6 Å². The highest BCUT2D eigenvalue weighted by Gasteiger charge is 2.22. The summed E-state index contributed by atoms with van der Waals surface area (Å²) < 4.78 is 5.35. The fourth-order valence-electron chi connectivity index (χ4n) is 3.81. The van der Waals surface area contributed by atoms with Gasteiger partial charge in [-0.25, -0.2) is 0 Å². The maximum absolute atomic E-state index is 5.96. The van der Waals surface area contributed by atoms with E-state index < -0.39 is 0 Å². The van der Waals surface area contributed by atoms with Gasteiger partial charge in [-0.1, -0.05) is 25.1 Å². The van der Waals surface area contributed by atoms with Crippen molar-refractivity contribution in [3.63, 3.8) is 0 Å². The number of anilines is 4. The number of benzene rings is 2. The first kappa shape index (κ1) is 20.9. The maximum Gasteiger partial charge on any atom is 0.232 e. The van der Waals surface area contributed by atoms with Crippen LogP contribution in [-0.2, 0) is 13.0 Å². The molecule has 0 bridgehead atoms. The highest BCUT2D eigenvalue weighted by atomic mass is 16.5. The minimum Gasteiger partial charge on any atom is -0.497 e. The minimum atomic E-state index is 0.243. The lowest BCUT2D eigenvalue weighted by atomic mass is 10.1. The number of quaternary nitrogens is 1. The Morgan fingerprint density at radius 1 is 1.06 bits per heavy atom. The first-order valence-electron chi connectivity index (χ1n) is 10.7. The Balaban J connectivity index is 1.37. The van der Waals surface area contributed by atoms with Gasteiger partial charge >= 0.3 is 0 Å². The Labute approximate surface area is 183 Å². The van der Waals surface area contributed by atoms with Crippen LogP contribution in [0.4, 0.5) is 23.3 Å². The number of methoxy groups -OCH3 is 1. The summed E-state index contributed by atoms with van der Waals surface area (Å²) in [7, 11) is 1.70. The van der Waals surface area contributed by atoms with E-state index in [1.54, 1.807) is 7.11 Å². The lowest BCUT2D eigenvalue weighted by Crippen LogP contribution is -3.13. The van der Waals surface area contributed by atoms with Crippen LogP contribution in [0.3, 0.4) is 0 Å². The molecule has 1 saturated heterocycles. The van der Waals surface area contributed by atoms with Crippen LogP contribution in [-0.4, -0.2) is 48.2 Å². The molecule has 0 amide bonds. The molecule has 0 spiro atoms. The van der Waals surface area contributed by atoms with E-state index in [-0.39, 0.29) is 5.95 Å². The Hall–Kier alpha value is -3.39. The summed E-state index contributed by atoms with van der Waals surface area (Å²) in [5, 5.41) is 3.24. The zero-order chi connectivity index (χ0) is 21.6. The summed E-state index contributed by atoms with van der Waals surface area (Å²) >= 11 is 0. The number of piperazine rings is 1. The van der Waals surface area contributed by atoms with E-state index in [2.05, 4.69) is 56.4 Å². The molecule has 8 nitrogen and oxygen atoms in total. The van der Waals surface area contributed by atoms with Gasteiger partial charge in [0.15, 0.2) is 5.82 Å². The number of aromatic nitrogens is 3. The summed E-state index contributed by atoms with van der Waals surface area (Å²) in [6.07, 6.45) is 1.01. The van der Waals surface area contributed by atoms with Gasteiger partial charge in [0.05, 0.1) is 33.3 Å². The Kier molecular flexibility index (Phi) is 6.47. The monoisotopic (exact) mass is 420 g/mol. The summed E-state index contributed by atoms with van der Waals surface area (Å²) in [6.45, 7) is 6.81. The standard InChI is InChI=1S/C23H29N7O/c1-3-17-7-9-18(10-8-17)25-23-27-21(26-22(24)28-23)16-29-11-13-30(14-12-29)19-5-4-6-20(15-19)31-2/h4-10,15H,3,11-14,16H2,1-2H3,(H3,24,25,26,27,28)/p+1. The Bertz CT molecular complexity index is 1000. The molecule has 1 fully saturated rings. The number of nitrogens with zero attached hydrogens (tertiary/aromatic N) is 4. The van der Waals surface area contributed by atoms with Crippen molar-refractivity contribution >= 4 is 23.3 Å². The Morgan fingerprint density at radius 3 is 2.55 bits per heavy atom. The van der Waals surface area contributed by atoms with Crippen molar-refractivity contribution in [3.05, 3.63) is 59.9 Å². The average molecular weight is 421 g/mol. The number of ether oxygens (including phenoxy) is 1. The van der Waals surface area contributed by atoms with E-state index in [1.165, 1.54) is 16.2 Å². The molecule has 4 rings (SSSR count). The van der Waals surface area contributed by atoms with Crippen LogP contribution < -0.4 is 25.6 Å². The van der Waals surface area contributed by atoms with E-state index in [0.29, 0.717) is 11.8 Å². The smallest absolute Gasteiger partial charge is 0.232 e. The summed E-state index contributed by atoms with van der Waals surface area (Å²) in [5.74, 6) is 2.33. The minimum absolute atomic E-state index is 0.243. The van der Waals surface area contributed by atoms with Crippen LogP contribution >= 0.6 is 0 Å². The number of aryl methyl sites for hydroxylation is 1. The van der Waals surface area contributed by atoms with Crippen LogP contribution in [0.25, 0.3) is 0 Å². The Morgan fingerprint density at radius 2 is 1.84 bits per heavy atom. The van der Waals surface area contributed by atoms with Crippen molar-refractivity contribution in [2.75, 3.05) is 49.2 Å². The van der Waals surface area contributed by atoms with Gasteiger partial charge in [0.25, 0.3) is 0 Å². The summed E-state index contributed by atoms with van der Waals surface area (Å²) in [4.78, 5) is 17.0. The zero-order valence-electron chi connectivity index (χ0n) is 18.1. The molecule has 0 saturated carbocycles. The SMILES string of the molecule is CCc1ccc(Nc2nc(N)nc(C[NH+]3CCN(c4cccc(OC)c4)CC3)n2)cc1. The molecule has 2 aromatic carbocycles. The fraction of sp³-hybridized carbons (Fsp3) is 0.348. The van der Waals surface area contributed by atoms with E-state index >= 15 is 0 Å². The molecule has 1 aromatic heterocycles. The van der Waals surface area contributed by atoms with Gasteiger partial charge in [0, 0.05) is 17.4 Å². The zero-order valence-corrected chi connectivity index (χ0v) is 18.1. The van der Waals surface area contributed by atoms with Gasteiger partial charge in [-0.2, -0.15) is 15.0 Å². The quantitative estimate of drug-likeness (QED) is 0.535. The average Bonchev–Trinajstić information content (AvgIpc) is 2.80. The maximum atomic E-state index is 5.96. The molecular weight excluding hydrogens is 390 g/mol. The molecule has 1 aliphatic heterocycles. The summed E-state index contributed by atoms with van der Waals surface area (Å²) in [6, 6.07) is 16.5. The molecule has 8 heteroatoms. The van der Waals surface area contributed by atoms with Crippen molar-refractivity contribution < 1.29 is 9.64 Å². The highest BCUT2D eigenvalue weighted by molar-refractivity contribution is 5.54. The number of nitrogens with one attached hydrogen (secondary N) is 2. The fourth-order valence-corrected chi connectivity index (χ4v) is 3.81. The largest absolute Gasteiger partial charge is 0.497 e. The van der Waals surface area contributed by atoms with Crippen LogP contribution in [0.15, 0.2) is 48.5 Å². The molecule has 3 aromatic rings. The molecule has 0 aliphatic carbocycles. The molecule has 2 heterocycles. The number of hydrogen-bond acceptors (Lipinski definition) is 7. The molecule has 0 radical (unpaired) electrons. The van der Waals surface area contributed by atoms with Gasteiger partial charge in [-0.05, 0) is 36.2 Å². The van der Waals surface area contributed by atoms with Crippen LogP contribution in [0, 0.1) is 0 Å². The molecule has 4 N–H and O–H groups in total. The van der Waals surface area contributed by atoms with Crippen LogP contribution in [0.2, 0.25) is 0 Å². The lowest BCUT2D eigenvalue weighted by molar-refractivity contribution is -0.915. The predicted octanol–water partition coefficient (Wildman–Crippen LogP) is 1.67. The third-order valence-electron chi connectivity index (χ3n) is 5.61. The number of nitrogens with two attached hydrogens (primary N) is 1. The van der Waals surface area contributed by atoms with Crippen LogP contribution in [0.5, 0.6) is 5.75 Å².